The third-order valence-electron chi connectivity index (χ3n) is 4.54. The lowest BCUT2D eigenvalue weighted by molar-refractivity contribution is -0.115. The number of benzene rings is 2. The number of carbonyl (C=O) groups is 2. The highest BCUT2D eigenvalue weighted by Crippen LogP contribution is 2.25. The summed E-state index contributed by atoms with van der Waals surface area (Å²) in [4.78, 5) is 24.3. The van der Waals surface area contributed by atoms with Gasteiger partial charge in [0.2, 0.25) is 5.91 Å². The Morgan fingerprint density at radius 2 is 1.91 bits per heavy atom. The number of hydrogen-bond donors (Lipinski definition) is 3. The molecule has 2 atom stereocenters. The van der Waals surface area contributed by atoms with Crippen molar-refractivity contribution in [2.24, 2.45) is 0 Å². The molecule has 0 aromatic heterocycles. The third-order valence-corrected chi connectivity index (χ3v) is 5.94. The van der Waals surface area contributed by atoms with Crippen LogP contribution in [0, 0.1) is 0 Å². The van der Waals surface area contributed by atoms with Crippen LogP contribution >= 0.6 is 23.4 Å². The van der Waals surface area contributed by atoms with Gasteiger partial charge in [0.1, 0.15) is 25.0 Å². The number of para-hydroxylation sites is 2. The Balaban J connectivity index is 1.46. The van der Waals surface area contributed by atoms with Gasteiger partial charge in [-0.1, -0.05) is 23.7 Å². The largest absolute Gasteiger partial charge is 0.489 e. The van der Waals surface area contributed by atoms with Crippen LogP contribution in [0.5, 0.6) is 5.75 Å². The van der Waals surface area contributed by atoms with Crippen LogP contribution in [0.25, 0.3) is 0 Å². The molecule has 0 radical (unpaired) electrons. The second-order valence-electron chi connectivity index (χ2n) is 7.00. The fourth-order valence-corrected chi connectivity index (χ4v) is 4.02. The van der Waals surface area contributed by atoms with Crippen molar-refractivity contribution >= 4 is 41.1 Å². The van der Waals surface area contributed by atoms with Gasteiger partial charge in [-0.3, -0.25) is 4.79 Å². The maximum atomic E-state index is 12.1. The van der Waals surface area contributed by atoms with Gasteiger partial charge < -0.3 is 30.2 Å². The predicted molar refractivity (Wildman–Crippen MR) is 125 cm³/mol. The molecule has 2 amide bonds. The molecule has 32 heavy (non-hydrogen) atoms. The first-order valence-electron chi connectivity index (χ1n) is 10.1. The van der Waals surface area contributed by atoms with Gasteiger partial charge in [0.15, 0.2) is 0 Å². The number of carbonyl (C=O) groups excluding carboxylic acids is 2. The zero-order chi connectivity index (χ0) is 22.8. The standard InChI is InChI=1S/C22H26ClN3O5S/c1-29-22(28)25-12-21(27)26-19-4-2-3-5-20(19)30-13-16-10-24-11-17(31-16)14-32-18-8-6-15(23)7-9-18/h2-9,16-17,24H,10-14H2,1H3,(H,25,28)(H,26,27)/t16-,17-/m0/s1. The molecule has 2 aromatic carbocycles. The molecule has 8 nitrogen and oxygen atoms in total. The van der Waals surface area contributed by atoms with E-state index in [9.17, 15) is 9.59 Å². The number of amides is 2. The summed E-state index contributed by atoms with van der Waals surface area (Å²) in [6, 6.07) is 14.9. The van der Waals surface area contributed by atoms with E-state index in [0.717, 1.165) is 22.2 Å². The number of alkyl carbamates (subject to hydrolysis) is 1. The number of anilines is 1. The number of methoxy groups -OCH3 is 1. The zero-order valence-corrected chi connectivity index (χ0v) is 19.2. The Labute approximate surface area is 196 Å². The number of halogens is 1. The summed E-state index contributed by atoms with van der Waals surface area (Å²) in [6.07, 6.45) is -0.739. The smallest absolute Gasteiger partial charge is 0.407 e. The molecule has 0 unspecified atom stereocenters. The molecule has 3 rings (SSSR count). The van der Waals surface area contributed by atoms with Gasteiger partial charge in [-0.15, -0.1) is 11.8 Å². The SMILES string of the molecule is COC(=O)NCC(=O)Nc1ccccc1OC[C@@H]1CNC[C@@H](CSc2ccc(Cl)cc2)O1. The molecule has 3 N–H and O–H groups in total. The minimum Gasteiger partial charge on any atom is -0.489 e. The van der Waals surface area contributed by atoms with Crippen molar-refractivity contribution in [3.05, 3.63) is 53.6 Å². The molecule has 1 heterocycles. The maximum absolute atomic E-state index is 12.1. The summed E-state index contributed by atoms with van der Waals surface area (Å²) in [5, 5.41) is 9.17. The number of rotatable bonds is 9. The molecule has 1 aliphatic rings. The lowest BCUT2D eigenvalue weighted by Crippen LogP contribution is -2.48. The molecular formula is C22H26ClN3O5S. The molecule has 1 aliphatic heterocycles. The van der Waals surface area contributed by atoms with E-state index in [2.05, 4.69) is 20.7 Å². The van der Waals surface area contributed by atoms with Crippen LogP contribution in [-0.2, 0) is 14.3 Å². The molecule has 2 aromatic rings. The van der Waals surface area contributed by atoms with Crippen molar-refractivity contribution in [2.45, 2.75) is 17.1 Å². The Hall–Kier alpha value is -2.46. The lowest BCUT2D eigenvalue weighted by atomic mass is 10.2. The van der Waals surface area contributed by atoms with Crippen LogP contribution in [0.15, 0.2) is 53.4 Å². The second-order valence-corrected chi connectivity index (χ2v) is 8.53. The molecule has 172 valence electrons. The van der Waals surface area contributed by atoms with Crippen LogP contribution in [0.1, 0.15) is 0 Å². The average Bonchev–Trinajstić information content (AvgIpc) is 2.82. The highest BCUT2D eigenvalue weighted by Gasteiger charge is 2.23. The van der Waals surface area contributed by atoms with E-state index >= 15 is 0 Å². The minimum atomic E-state index is -0.671. The predicted octanol–water partition coefficient (Wildman–Crippen LogP) is 3.16. The van der Waals surface area contributed by atoms with Crippen LogP contribution in [-0.4, -0.2) is 63.3 Å². The normalized spacial score (nSPS) is 17.9. The van der Waals surface area contributed by atoms with E-state index in [0.29, 0.717) is 24.6 Å². The average molecular weight is 480 g/mol. The fraction of sp³-hybridized carbons (Fsp3) is 0.364. The summed E-state index contributed by atoms with van der Waals surface area (Å²) in [7, 11) is 1.24. The summed E-state index contributed by atoms with van der Waals surface area (Å²) in [6.45, 7) is 1.59. The van der Waals surface area contributed by atoms with Crippen LogP contribution in [0.3, 0.4) is 0 Å². The topological polar surface area (TPSA) is 97.9 Å². The van der Waals surface area contributed by atoms with E-state index in [1.807, 2.05) is 30.3 Å². The van der Waals surface area contributed by atoms with Gasteiger partial charge in [-0.2, -0.15) is 0 Å². The van der Waals surface area contributed by atoms with Gasteiger partial charge >= 0.3 is 6.09 Å². The van der Waals surface area contributed by atoms with Crippen LogP contribution in [0.2, 0.25) is 5.02 Å². The van der Waals surface area contributed by atoms with Gasteiger partial charge in [-0.05, 0) is 36.4 Å². The van der Waals surface area contributed by atoms with E-state index in [-0.39, 0.29) is 24.7 Å². The number of thioether (sulfide) groups is 1. The van der Waals surface area contributed by atoms with Crippen molar-refractivity contribution in [2.75, 3.05) is 44.4 Å². The maximum Gasteiger partial charge on any atom is 0.407 e. The highest BCUT2D eigenvalue weighted by atomic mass is 35.5. The van der Waals surface area contributed by atoms with E-state index in [1.54, 1.807) is 30.0 Å². The Morgan fingerprint density at radius 1 is 1.16 bits per heavy atom. The van der Waals surface area contributed by atoms with Crippen molar-refractivity contribution < 1.29 is 23.8 Å². The summed E-state index contributed by atoms with van der Waals surface area (Å²) in [5.74, 6) is 0.951. The number of ether oxygens (including phenoxy) is 3. The van der Waals surface area contributed by atoms with E-state index < -0.39 is 6.09 Å². The van der Waals surface area contributed by atoms with E-state index in [4.69, 9.17) is 21.1 Å². The summed E-state index contributed by atoms with van der Waals surface area (Å²) < 4.78 is 16.6. The fourth-order valence-electron chi connectivity index (χ4n) is 2.99. The van der Waals surface area contributed by atoms with Crippen molar-refractivity contribution in [3.63, 3.8) is 0 Å². The Bertz CT molecular complexity index is 899. The Morgan fingerprint density at radius 3 is 2.69 bits per heavy atom. The highest BCUT2D eigenvalue weighted by molar-refractivity contribution is 7.99. The van der Waals surface area contributed by atoms with Gasteiger partial charge in [0, 0.05) is 28.8 Å². The van der Waals surface area contributed by atoms with E-state index in [1.165, 1.54) is 7.11 Å². The van der Waals surface area contributed by atoms with Crippen molar-refractivity contribution in [1.82, 2.24) is 10.6 Å². The van der Waals surface area contributed by atoms with Crippen molar-refractivity contribution in [1.29, 1.82) is 0 Å². The molecule has 0 bridgehead atoms. The number of hydrogen-bond acceptors (Lipinski definition) is 7. The van der Waals surface area contributed by atoms with Gasteiger partial charge in [0.05, 0.1) is 18.9 Å². The summed E-state index contributed by atoms with van der Waals surface area (Å²) >= 11 is 7.65. The first kappa shape index (κ1) is 24.2. The number of nitrogens with one attached hydrogen (secondary N) is 3. The molecular weight excluding hydrogens is 454 g/mol. The van der Waals surface area contributed by atoms with Crippen LogP contribution in [0.4, 0.5) is 10.5 Å². The monoisotopic (exact) mass is 479 g/mol. The number of morpholine rings is 1. The first-order chi connectivity index (χ1) is 15.5. The van der Waals surface area contributed by atoms with Gasteiger partial charge in [0.25, 0.3) is 0 Å². The van der Waals surface area contributed by atoms with Gasteiger partial charge in [-0.25, -0.2) is 4.79 Å². The first-order valence-corrected chi connectivity index (χ1v) is 11.5. The summed E-state index contributed by atoms with van der Waals surface area (Å²) in [5.41, 5.74) is 0.516. The molecule has 1 saturated heterocycles. The minimum absolute atomic E-state index is 0.0531. The molecule has 0 spiro atoms. The quantitative estimate of drug-likeness (QED) is 0.475. The molecule has 1 fully saturated rings. The third kappa shape index (κ3) is 7.90. The van der Waals surface area contributed by atoms with Crippen LogP contribution < -0.4 is 20.7 Å². The molecule has 10 heteroatoms. The van der Waals surface area contributed by atoms with Crippen molar-refractivity contribution in [3.8, 4) is 5.75 Å². The Kier molecular flexibility index (Phi) is 9.48. The zero-order valence-electron chi connectivity index (χ0n) is 17.6. The molecule has 0 aliphatic carbocycles. The second kappa shape index (κ2) is 12.5. The lowest BCUT2D eigenvalue weighted by Gasteiger charge is -2.31. The molecule has 0 saturated carbocycles.